The number of amides is 2. The quantitative estimate of drug-likeness (QED) is 0.790. The number of nitrogens with one attached hydrogen (secondary N) is 2. The van der Waals surface area contributed by atoms with Crippen molar-refractivity contribution < 1.29 is 9.59 Å². The summed E-state index contributed by atoms with van der Waals surface area (Å²) >= 11 is 0. The van der Waals surface area contributed by atoms with Gasteiger partial charge in [-0.15, -0.1) is 0 Å². The van der Waals surface area contributed by atoms with E-state index in [2.05, 4.69) is 10.6 Å². The van der Waals surface area contributed by atoms with Gasteiger partial charge >= 0.3 is 0 Å². The molecular weight excluding hydrogens is 326 g/mol. The first kappa shape index (κ1) is 18.1. The minimum atomic E-state index is -0.187. The molecule has 1 aliphatic rings. The maximum Gasteiger partial charge on any atom is 0.255 e. The average Bonchev–Trinajstić information content (AvgIpc) is 2.66. The lowest BCUT2D eigenvalue weighted by atomic mass is 9.91. The predicted octanol–water partition coefficient (Wildman–Crippen LogP) is 3.25. The summed E-state index contributed by atoms with van der Waals surface area (Å²) in [6, 6.07) is 14.8. The van der Waals surface area contributed by atoms with Crippen molar-refractivity contribution in [1.82, 2.24) is 5.32 Å². The molecule has 0 aromatic heterocycles. The third kappa shape index (κ3) is 4.49. The minimum Gasteiger partial charge on any atom is -0.349 e. The van der Waals surface area contributed by atoms with E-state index in [0.717, 1.165) is 31.2 Å². The third-order valence-electron chi connectivity index (χ3n) is 4.89. The maximum absolute atomic E-state index is 12.6. The van der Waals surface area contributed by atoms with Crippen molar-refractivity contribution in [3.8, 4) is 0 Å². The second-order valence-electron chi connectivity index (χ2n) is 6.94. The Morgan fingerprint density at radius 2 is 1.62 bits per heavy atom. The molecule has 0 saturated heterocycles. The predicted molar refractivity (Wildman–Crippen MR) is 103 cm³/mol. The molecule has 0 bridgehead atoms. The van der Waals surface area contributed by atoms with Crippen LogP contribution in [0.3, 0.4) is 0 Å². The van der Waals surface area contributed by atoms with Crippen molar-refractivity contribution in [2.24, 2.45) is 5.73 Å². The molecule has 0 heterocycles. The molecule has 136 valence electrons. The Hall–Kier alpha value is -2.66. The molecule has 2 aromatic carbocycles. The van der Waals surface area contributed by atoms with E-state index in [0.29, 0.717) is 16.8 Å². The highest BCUT2D eigenvalue weighted by Crippen LogP contribution is 2.20. The molecule has 1 aliphatic carbocycles. The monoisotopic (exact) mass is 351 g/mol. The lowest BCUT2D eigenvalue weighted by molar-refractivity contribution is 0.0925. The van der Waals surface area contributed by atoms with Crippen LogP contribution < -0.4 is 16.4 Å². The molecular formula is C21H25N3O2. The van der Waals surface area contributed by atoms with E-state index >= 15 is 0 Å². The van der Waals surface area contributed by atoms with Gasteiger partial charge in [0.2, 0.25) is 0 Å². The number of rotatable bonds is 4. The number of carbonyl (C=O) groups is 2. The van der Waals surface area contributed by atoms with E-state index in [4.69, 9.17) is 5.73 Å². The Morgan fingerprint density at radius 3 is 2.31 bits per heavy atom. The van der Waals surface area contributed by atoms with Crippen LogP contribution in [0.1, 0.15) is 52.0 Å². The van der Waals surface area contributed by atoms with Crippen molar-refractivity contribution in [2.75, 3.05) is 5.32 Å². The zero-order valence-corrected chi connectivity index (χ0v) is 15.0. The Labute approximate surface area is 154 Å². The van der Waals surface area contributed by atoms with Gasteiger partial charge in [-0.2, -0.15) is 0 Å². The highest BCUT2D eigenvalue weighted by Gasteiger charge is 2.21. The number of benzene rings is 2. The Morgan fingerprint density at radius 1 is 0.923 bits per heavy atom. The summed E-state index contributed by atoms with van der Waals surface area (Å²) < 4.78 is 0. The van der Waals surface area contributed by atoms with Gasteiger partial charge in [0.15, 0.2) is 0 Å². The highest BCUT2D eigenvalue weighted by molar-refractivity contribution is 6.05. The van der Waals surface area contributed by atoms with Crippen molar-refractivity contribution in [3.05, 3.63) is 65.2 Å². The van der Waals surface area contributed by atoms with Gasteiger partial charge < -0.3 is 16.4 Å². The molecule has 0 spiro atoms. The third-order valence-corrected chi connectivity index (χ3v) is 4.89. The van der Waals surface area contributed by atoms with Crippen LogP contribution >= 0.6 is 0 Å². The van der Waals surface area contributed by atoms with Gasteiger partial charge in [-0.25, -0.2) is 0 Å². The number of nitrogens with two attached hydrogens (primary N) is 1. The van der Waals surface area contributed by atoms with Crippen LogP contribution in [0.25, 0.3) is 0 Å². The molecule has 26 heavy (non-hydrogen) atoms. The van der Waals surface area contributed by atoms with E-state index in [9.17, 15) is 9.59 Å². The van der Waals surface area contributed by atoms with Crippen LogP contribution in [0.15, 0.2) is 48.5 Å². The SMILES string of the molecule is Cc1ccc(C(=O)NC2CCC(N)CC2)cc1NC(=O)c1ccccc1. The number of aryl methyl sites for hydroxylation is 1. The van der Waals surface area contributed by atoms with Crippen molar-refractivity contribution >= 4 is 17.5 Å². The number of hydrogen-bond acceptors (Lipinski definition) is 3. The van der Waals surface area contributed by atoms with Crippen LogP contribution in [0, 0.1) is 6.92 Å². The summed E-state index contributed by atoms with van der Waals surface area (Å²) in [4.78, 5) is 24.9. The van der Waals surface area contributed by atoms with Gasteiger partial charge in [0.05, 0.1) is 0 Å². The van der Waals surface area contributed by atoms with E-state index < -0.39 is 0 Å². The van der Waals surface area contributed by atoms with Crippen LogP contribution in [-0.2, 0) is 0 Å². The van der Waals surface area contributed by atoms with Gasteiger partial charge in [0, 0.05) is 28.9 Å². The van der Waals surface area contributed by atoms with E-state index in [1.807, 2.05) is 31.2 Å². The van der Waals surface area contributed by atoms with Crippen molar-refractivity contribution in [1.29, 1.82) is 0 Å². The fourth-order valence-corrected chi connectivity index (χ4v) is 3.21. The fraction of sp³-hybridized carbons (Fsp3) is 0.333. The van der Waals surface area contributed by atoms with Gasteiger partial charge in [-0.05, 0) is 62.4 Å². The second-order valence-corrected chi connectivity index (χ2v) is 6.94. The van der Waals surface area contributed by atoms with E-state index in [-0.39, 0.29) is 23.9 Å². The Balaban J connectivity index is 1.69. The second kappa shape index (κ2) is 8.15. The molecule has 0 unspecified atom stereocenters. The summed E-state index contributed by atoms with van der Waals surface area (Å²) in [5.74, 6) is -0.298. The molecule has 1 saturated carbocycles. The molecule has 5 heteroatoms. The molecule has 0 radical (unpaired) electrons. The topological polar surface area (TPSA) is 84.2 Å². The molecule has 0 aliphatic heterocycles. The summed E-state index contributed by atoms with van der Waals surface area (Å²) in [5.41, 5.74) is 8.61. The molecule has 3 rings (SSSR count). The smallest absolute Gasteiger partial charge is 0.255 e. The van der Waals surface area contributed by atoms with Crippen LogP contribution in [0.5, 0.6) is 0 Å². The lowest BCUT2D eigenvalue weighted by Gasteiger charge is -2.26. The summed E-state index contributed by atoms with van der Waals surface area (Å²) in [7, 11) is 0. The normalized spacial score (nSPS) is 19.6. The summed E-state index contributed by atoms with van der Waals surface area (Å²) in [5, 5.41) is 5.98. The zero-order chi connectivity index (χ0) is 18.5. The zero-order valence-electron chi connectivity index (χ0n) is 15.0. The molecule has 2 aromatic rings. The lowest BCUT2D eigenvalue weighted by Crippen LogP contribution is -2.40. The van der Waals surface area contributed by atoms with E-state index in [1.54, 1.807) is 24.3 Å². The number of hydrogen-bond donors (Lipinski definition) is 3. The first-order valence-corrected chi connectivity index (χ1v) is 9.06. The molecule has 1 fully saturated rings. The van der Waals surface area contributed by atoms with Crippen molar-refractivity contribution in [2.45, 2.75) is 44.7 Å². The minimum absolute atomic E-state index is 0.110. The van der Waals surface area contributed by atoms with Gasteiger partial charge in [0.25, 0.3) is 11.8 Å². The number of anilines is 1. The Bertz CT molecular complexity index is 781. The molecule has 4 N–H and O–H groups in total. The molecule has 5 nitrogen and oxygen atoms in total. The van der Waals surface area contributed by atoms with Crippen molar-refractivity contribution in [3.63, 3.8) is 0 Å². The average molecular weight is 351 g/mol. The summed E-state index contributed by atoms with van der Waals surface area (Å²) in [6.45, 7) is 1.91. The van der Waals surface area contributed by atoms with Gasteiger partial charge in [-0.3, -0.25) is 9.59 Å². The molecule has 0 atom stereocenters. The molecule has 2 amide bonds. The van der Waals surface area contributed by atoms with Gasteiger partial charge in [0.1, 0.15) is 0 Å². The van der Waals surface area contributed by atoms with Crippen LogP contribution in [-0.4, -0.2) is 23.9 Å². The first-order valence-electron chi connectivity index (χ1n) is 9.06. The maximum atomic E-state index is 12.6. The van der Waals surface area contributed by atoms with Gasteiger partial charge in [-0.1, -0.05) is 24.3 Å². The Kier molecular flexibility index (Phi) is 5.68. The summed E-state index contributed by atoms with van der Waals surface area (Å²) in [6.07, 6.45) is 3.71. The van der Waals surface area contributed by atoms with Crippen LogP contribution in [0.2, 0.25) is 0 Å². The highest BCUT2D eigenvalue weighted by atomic mass is 16.2. The van der Waals surface area contributed by atoms with E-state index in [1.165, 1.54) is 0 Å². The van der Waals surface area contributed by atoms with Crippen LogP contribution in [0.4, 0.5) is 5.69 Å². The fourth-order valence-electron chi connectivity index (χ4n) is 3.21. The number of carbonyl (C=O) groups excluding carboxylic acids is 2. The first-order chi connectivity index (χ1) is 12.5. The largest absolute Gasteiger partial charge is 0.349 e. The standard InChI is InChI=1S/C21H25N3O2/c1-14-7-8-16(21(26)23-18-11-9-17(22)10-12-18)13-19(14)24-20(25)15-5-3-2-4-6-15/h2-8,13,17-18H,9-12,22H2,1H3,(H,23,26)(H,24,25).